The molecule has 1 heterocycles. The van der Waals surface area contributed by atoms with Gasteiger partial charge in [-0.05, 0) is 26.3 Å². The van der Waals surface area contributed by atoms with Crippen molar-refractivity contribution in [3.8, 4) is 0 Å². The van der Waals surface area contributed by atoms with E-state index >= 15 is 0 Å². The van der Waals surface area contributed by atoms with Crippen molar-refractivity contribution in [3.63, 3.8) is 0 Å². The Kier molecular flexibility index (Phi) is 0.854. The normalized spacial score (nSPS) is 48.9. The highest BCUT2D eigenvalue weighted by molar-refractivity contribution is 5.20. The van der Waals surface area contributed by atoms with E-state index in [1.165, 1.54) is 13.0 Å². The Morgan fingerprint density at radius 3 is 2.67 bits per heavy atom. The summed E-state index contributed by atoms with van der Waals surface area (Å²) in [6, 6.07) is 0. The van der Waals surface area contributed by atoms with Crippen molar-refractivity contribution >= 4 is 0 Å². The fourth-order valence-electron chi connectivity index (χ4n) is 1.98. The molecule has 2 rings (SSSR count). The zero-order valence-corrected chi connectivity index (χ0v) is 6.09. The van der Waals surface area contributed by atoms with Gasteiger partial charge in [-0.25, -0.2) is 0 Å². The van der Waals surface area contributed by atoms with E-state index in [4.69, 9.17) is 0 Å². The number of fused-ring (bicyclic) bond motifs is 2. The Morgan fingerprint density at radius 1 is 1.67 bits per heavy atom. The van der Waals surface area contributed by atoms with Crippen LogP contribution in [0.4, 0.5) is 0 Å². The second-order valence-corrected chi connectivity index (χ2v) is 3.56. The summed E-state index contributed by atoms with van der Waals surface area (Å²) in [7, 11) is 2.21. The second-order valence-electron chi connectivity index (χ2n) is 3.56. The number of likely N-dealkylation sites (tertiary alicyclic amines) is 1. The fourth-order valence-corrected chi connectivity index (χ4v) is 1.98. The molecular weight excluding hydrogens is 110 g/mol. The van der Waals surface area contributed by atoms with Gasteiger partial charge in [-0.1, -0.05) is 12.2 Å². The molecule has 0 amide bonds. The van der Waals surface area contributed by atoms with Crippen molar-refractivity contribution in [1.82, 2.24) is 4.90 Å². The highest BCUT2D eigenvalue weighted by atomic mass is 15.2. The van der Waals surface area contributed by atoms with Gasteiger partial charge in [0.1, 0.15) is 0 Å². The minimum Gasteiger partial charge on any atom is -0.297 e. The van der Waals surface area contributed by atoms with Gasteiger partial charge in [0.05, 0.1) is 0 Å². The van der Waals surface area contributed by atoms with E-state index in [1.54, 1.807) is 0 Å². The third-order valence-corrected chi connectivity index (χ3v) is 2.78. The molecule has 2 unspecified atom stereocenters. The lowest BCUT2D eigenvalue weighted by Gasteiger charge is -2.28. The first-order chi connectivity index (χ1) is 4.21. The van der Waals surface area contributed by atoms with Crippen LogP contribution in [0.25, 0.3) is 0 Å². The lowest BCUT2D eigenvalue weighted by Crippen LogP contribution is -2.36. The Morgan fingerprint density at radius 2 is 2.44 bits per heavy atom. The first kappa shape index (κ1) is 5.48. The van der Waals surface area contributed by atoms with Crippen LogP contribution < -0.4 is 0 Å². The summed E-state index contributed by atoms with van der Waals surface area (Å²) in [5, 5.41) is 0. The van der Waals surface area contributed by atoms with Crippen molar-refractivity contribution < 1.29 is 0 Å². The summed E-state index contributed by atoms with van der Waals surface area (Å²) in [5.41, 5.74) is 0.421. The Labute approximate surface area is 56.4 Å². The predicted molar refractivity (Wildman–Crippen MR) is 38.3 cm³/mol. The van der Waals surface area contributed by atoms with Gasteiger partial charge in [-0.15, -0.1) is 0 Å². The molecule has 2 atom stereocenters. The standard InChI is InChI=1S/C8H13N/c1-8-4-3-7(5-8)6-9(8)2/h3-4,7H,5-6H2,1-2H3. The van der Waals surface area contributed by atoms with E-state index in [2.05, 4.69) is 31.0 Å². The third kappa shape index (κ3) is 0.584. The predicted octanol–water partition coefficient (Wildman–Crippen LogP) is 1.27. The lowest BCUT2D eigenvalue weighted by molar-refractivity contribution is 0.247. The van der Waals surface area contributed by atoms with Gasteiger partial charge in [0, 0.05) is 12.1 Å². The minimum absolute atomic E-state index is 0.421. The number of hydrogen-bond donors (Lipinski definition) is 0. The van der Waals surface area contributed by atoms with E-state index in [0.717, 1.165) is 5.92 Å². The van der Waals surface area contributed by atoms with Crippen molar-refractivity contribution in [3.05, 3.63) is 12.2 Å². The molecule has 0 spiro atoms. The number of hydrogen-bond acceptors (Lipinski definition) is 1. The largest absolute Gasteiger partial charge is 0.297 e. The SMILES string of the molecule is CN1CC2C=CC1(C)C2. The molecule has 1 nitrogen and oxygen atoms in total. The first-order valence-corrected chi connectivity index (χ1v) is 3.61. The quantitative estimate of drug-likeness (QED) is 0.438. The average molecular weight is 123 g/mol. The molecule has 0 N–H and O–H groups in total. The molecule has 1 fully saturated rings. The molecule has 0 aromatic heterocycles. The molecule has 1 saturated heterocycles. The van der Waals surface area contributed by atoms with Crippen LogP contribution in [0.2, 0.25) is 0 Å². The maximum absolute atomic E-state index is 2.44. The lowest BCUT2D eigenvalue weighted by atomic mass is 10.0. The zero-order valence-electron chi connectivity index (χ0n) is 6.09. The van der Waals surface area contributed by atoms with Gasteiger partial charge < -0.3 is 0 Å². The van der Waals surface area contributed by atoms with Gasteiger partial charge in [0.2, 0.25) is 0 Å². The Hall–Kier alpha value is -0.300. The average Bonchev–Trinajstić information content (AvgIpc) is 2.22. The summed E-state index contributed by atoms with van der Waals surface area (Å²) in [4.78, 5) is 2.44. The Bertz CT molecular complexity index is 162. The second kappa shape index (κ2) is 1.40. The maximum atomic E-state index is 2.44. The number of nitrogens with zero attached hydrogens (tertiary/aromatic N) is 1. The molecule has 0 radical (unpaired) electrons. The summed E-state index contributed by atoms with van der Waals surface area (Å²) in [6.45, 7) is 3.59. The van der Waals surface area contributed by atoms with Gasteiger partial charge in [-0.2, -0.15) is 0 Å². The van der Waals surface area contributed by atoms with Crippen molar-refractivity contribution in [2.24, 2.45) is 5.92 Å². The molecule has 2 bridgehead atoms. The molecule has 0 aromatic carbocycles. The number of rotatable bonds is 0. The van der Waals surface area contributed by atoms with Crippen LogP contribution in [0.5, 0.6) is 0 Å². The van der Waals surface area contributed by atoms with Crippen molar-refractivity contribution in [2.75, 3.05) is 13.6 Å². The number of likely N-dealkylation sites (N-methyl/N-ethyl adjacent to an activating group) is 1. The van der Waals surface area contributed by atoms with Crippen LogP contribution >= 0.6 is 0 Å². The topological polar surface area (TPSA) is 3.24 Å². The van der Waals surface area contributed by atoms with E-state index in [9.17, 15) is 0 Å². The van der Waals surface area contributed by atoms with Crippen molar-refractivity contribution in [1.29, 1.82) is 0 Å². The monoisotopic (exact) mass is 123 g/mol. The van der Waals surface area contributed by atoms with E-state index < -0.39 is 0 Å². The van der Waals surface area contributed by atoms with Crippen LogP contribution in [-0.2, 0) is 0 Å². The van der Waals surface area contributed by atoms with E-state index in [0.29, 0.717) is 5.54 Å². The summed E-state index contributed by atoms with van der Waals surface area (Å²) in [5.74, 6) is 0.861. The summed E-state index contributed by atoms with van der Waals surface area (Å²) in [6.07, 6.45) is 6.06. The molecular formula is C8H13N. The molecule has 0 aromatic rings. The van der Waals surface area contributed by atoms with Crippen LogP contribution in [0.1, 0.15) is 13.3 Å². The van der Waals surface area contributed by atoms with E-state index in [1.807, 2.05) is 0 Å². The van der Waals surface area contributed by atoms with Crippen LogP contribution in [-0.4, -0.2) is 24.0 Å². The van der Waals surface area contributed by atoms with Crippen LogP contribution in [0.15, 0.2) is 12.2 Å². The summed E-state index contributed by atoms with van der Waals surface area (Å²) < 4.78 is 0. The maximum Gasteiger partial charge on any atom is 0.0366 e. The van der Waals surface area contributed by atoms with Gasteiger partial charge >= 0.3 is 0 Å². The fraction of sp³-hybridized carbons (Fsp3) is 0.750. The highest BCUT2D eigenvalue weighted by Gasteiger charge is 2.40. The molecule has 1 aliphatic carbocycles. The van der Waals surface area contributed by atoms with Gasteiger partial charge in [0.25, 0.3) is 0 Å². The summed E-state index contributed by atoms with van der Waals surface area (Å²) >= 11 is 0. The van der Waals surface area contributed by atoms with Crippen LogP contribution in [0.3, 0.4) is 0 Å². The van der Waals surface area contributed by atoms with Crippen LogP contribution in [0, 0.1) is 5.92 Å². The molecule has 50 valence electrons. The minimum atomic E-state index is 0.421. The molecule has 2 aliphatic rings. The smallest absolute Gasteiger partial charge is 0.0366 e. The van der Waals surface area contributed by atoms with Crippen molar-refractivity contribution in [2.45, 2.75) is 18.9 Å². The first-order valence-electron chi connectivity index (χ1n) is 3.61. The molecule has 0 saturated carbocycles. The molecule has 1 aliphatic heterocycles. The zero-order chi connectivity index (χ0) is 6.48. The molecule has 1 heteroatoms. The molecule has 9 heavy (non-hydrogen) atoms. The van der Waals surface area contributed by atoms with E-state index in [-0.39, 0.29) is 0 Å². The van der Waals surface area contributed by atoms with Gasteiger partial charge in [0.15, 0.2) is 0 Å². The third-order valence-electron chi connectivity index (χ3n) is 2.78. The Balaban J connectivity index is 2.33. The highest BCUT2D eigenvalue weighted by Crippen LogP contribution is 2.39. The van der Waals surface area contributed by atoms with Gasteiger partial charge in [-0.3, -0.25) is 4.90 Å².